The van der Waals surface area contributed by atoms with Gasteiger partial charge in [0, 0.05) is 16.7 Å². The zero-order chi connectivity index (χ0) is 10.6. The summed E-state index contributed by atoms with van der Waals surface area (Å²) >= 11 is 3.38. The fraction of sp³-hybridized carbons (Fsp3) is 0.455. The molecule has 0 unspecified atom stereocenters. The molecule has 0 amide bonds. The van der Waals surface area contributed by atoms with Gasteiger partial charge in [-0.1, -0.05) is 19.9 Å². The lowest BCUT2D eigenvalue weighted by Crippen LogP contribution is -2.18. The Morgan fingerprint density at radius 1 is 1.43 bits per heavy atom. The summed E-state index contributed by atoms with van der Waals surface area (Å²) in [5, 5.41) is 3.38. The Labute approximate surface area is 94.0 Å². The van der Waals surface area contributed by atoms with Gasteiger partial charge in [-0.15, -0.1) is 0 Å². The smallest absolute Gasteiger partial charge is 0.0461 e. The highest BCUT2D eigenvalue weighted by Crippen LogP contribution is 2.19. The van der Waals surface area contributed by atoms with Gasteiger partial charge >= 0.3 is 0 Å². The van der Waals surface area contributed by atoms with Gasteiger partial charge in [0.1, 0.15) is 0 Å². The van der Waals surface area contributed by atoms with Crippen LogP contribution < -0.4 is 11.1 Å². The lowest BCUT2D eigenvalue weighted by atomic mass is 10.2. The van der Waals surface area contributed by atoms with Crippen molar-refractivity contribution in [1.29, 1.82) is 0 Å². The Hall–Kier alpha value is -0.540. The van der Waals surface area contributed by atoms with Gasteiger partial charge in [-0.2, -0.15) is 0 Å². The van der Waals surface area contributed by atoms with Gasteiger partial charge in [0.15, 0.2) is 0 Å². The Bertz CT molecular complexity index is 297. The van der Waals surface area contributed by atoms with E-state index in [1.165, 1.54) is 5.56 Å². The van der Waals surface area contributed by atoms with E-state index >= 15 is 0 Å². The van der Waals surface area contributed by atoms with E-state index in [-0.39, 0.29) is 0 Å². The molecule has 0 aromatic heterocycles. The number of hydrogen-bond donors (Lipinski definition) is 2. The summed E-state index contributed by atoms with van der Waals surface area (Å²) in [6, 6.07) is 6.06. The highest BCUT2D eigenvalue weighted by atomic mass is 79.9. The quantitative estimate of drug-likeness (QED) is 0.814. The van der Waals surface area contributed by atoms with E-state index in [2.05, 4.69) is 41.2 Å². The van der Waals surface area contributed by atoms with E-state index in [1.807, 2.05) is 12.1 Å². The van der Waals surface area contributed by atoms with E-state index in [9.17, 15) is 0 Å². The van der Waals surface area contributed by atoms with Crippen molar-refractivity contribution < 1.29 is 0 Å². The van der Waals surface area contributed by atoms with Crippen molar-refractivity contribution in [3.8, 4) is 0 Å². The third-order valence-corrected chi connectivity index (χ3v) is 2.66. The summed E-state index contributed by atoms with van der Waals surface area (Å²) in [6.45, 7) is 6.32. The minimum absolute atomic E-state index is 0.683. The van der Waals surface area contributed by atoms with Gasteiger partial charge in [0.25, 0.3) is 0 Å². The van der Waals surface area contributed by atoms with Crippen molar-refractivity contribution in [1.82, 2.24) is 5.32 Å². The molecular weight excluding hydrogens is 240 g/mol. The Morgan fingerprint density at radius 2 is 2.14 bits per heavy atom. The first kappa shape index (κ1) is 11.5. The molecule has 3 heteroatoms. The molecule has 14 heavy (non-hydrogen) atoms. The molecule has 1 rings (SSSR count). The van der Waals surface area contributed by atoms with Crippen molar-refractivity contribution in [2.45, 2.75) is 20.4 Å². The van der Waals surface area contributed by atoms with Crippen LogP contribution in [0.25, 0.3) is 0 Å². The SMILES string of the molecule is CC(C)CNCc1ccc(Br)c(N)c1. The molecule has 2 nitrogen and oxygen atoms in total. The minimum Gasteiger partial charge on any atom is -0.398 e. The summed E-state index contributed by atoms with van der Waals surface area (Å²) in [4.78, 5) is 0. The normalized spacial score (nSPS) is 10.9. The molecule has 0 radical (unpaired) electrons. The summed E-state index contributed by atoms with van der Waals surface area (Å²) in [5.41, 5.74) is 7.81. The molecule has 0 fully saturated rings. The number of anilines is 1. The molecule has 3 N–H and O–H groups in total. The molecule has 78 valence electrons. The first-order valence-electron chi connectivity index (χ1n) is 4.84. The van der Waals surface area contributed by atoms with Gasteiger partial charge in [-0.05, 0) is 46.1 Å². The Kier molecular flexibility index (Phi) is 4.42. The molecule has 1 aromatic rings. The fourth-order valence-electron chi connectivity index (χ4n) is 1.21. The second-order valence-corrected chi connectivity index (χ2v) is 4.73. The number of halogens is 1. The second kappa shape index (κ2) is 5.37. The van der Waals surface area contributed by atoms with Crippen molar-refractivity contribution in [3.05, 3.63) is 28.2 Å². The highest BCUT2D eigenvalue weighted by molar-refractivity contribution is 9.10. The van der Waals surface area contributed by atoms with Gasteiger partial charge in [-0.25, -0.2) is 0 Å². The molecule has 0 aliphatic rings. The average Bonchev–Trinajstić information content (AvgIpc) is 2.10. The monoisotopic (exact) mass is 256 g/mol. The zero-order valence-corrected chi connectivity index (χ0v) is 10.3. The lowest BCUT2D eigenvalue weighted by Gasteiger charge is -2.08. The second-order valence-electron chi connectivity index (χ2n) is 3.88. The molecule has 0 atom stereocenters. The van der Waals surface area contributed by atoms with E-state index in [4.69, 9.17) is 5.73 Å². The average molecular weight is 257 g/mol. The first-order valence-corrected chi connectivity index (χ1v) is 5.63. The molecule has 0 aliphatic carbocycles. The minimum atomic E-state index is 0.683. The largest absolute Gasteiger partial charge is 0.398 e. The molecule has 1 aromatic carbocycles. The van der Waals surface area contributed by atoms with Gasteiger partial charge in [0.2, 0.25) is 0 Å². The van der Waals surface area contributed by atoms with Crippen molar-refractivity contribution in [3.63, 3.8) is 0 Å². The van der Waals surface area contributed by atoms with Crippen LogP contribution >= 0.6 is 15.9 Å². The molecule has 0 spiro atoms. The third-order valence-electron chi connectivity index (χ3n) is 1.94. The molecule has 0 bridgehead atoms. The first-order chi connectivity index (χ1) is 6.59. The standard InChI is InChI=1S/C11H17BrN2/c1-8(2)6-14-7-9-3-4-10(12)11(13)5-9/h3-5,8,14H,6-7,13H2,1-2H3. The van der Waals surface area contributed by atoms with Crippen LogP contribution in [0, 0.1) is 5.92 Å². The van der Waals surface area contributed by atoms with Crippen LogP contribution in [0.5, 0.6) is 0 Å². The molecular formula is C11H17BrN2. The lowest BCUT2D eigenvalue weighted by molar-refractivity contribution is 0.552. The van der Waals surface area contributed by atoms with Crippen LogP contribution in [0.2, 0.25) is 0 Å². The Morgan fingerprint density at radius 3 is 2.71 bits per heavy atom. The van der Waals surface area contributed by atoms with E-state index < -0.39 is 0 Å². The third kappa shape index (κ3) is 3.68. The summed E-state index contributed by atoms with van der Waals surface area (Å²) in [5.74, 6) is 0.683. The zero-order valence-electron chi connectivity index (χ0n) is 8.68. The van der Waals surface area contributed by atoms with E-state index in [1.54, 1.807) is 0 Å². The van der Waals surface area contributed by atoms with Crippen LogP contribution in [0.3, 0.4) is 0 Å². The fourth-order valence-corrected chi connectivity index (χ4v) is 1.45. The number of nitrogen functional groups attached to an aromatic ring is 1. The predicted octanol–water partition coefficient (Wildman–Crippen LogP) is 2.78. The van der Waals surface area contributed by atoms with Gasteiger partial charge < -0.3 is 11.1 Å². The van der Waals surface area contributed by atoms with Crippen LogP contribution in [0.4, 0.5) is 5.69 Å². The summed E-state index contributed by atoms with van der Waals surface area (Å²) < 4.78 is 0.963. The summed E-state index contributed by atoms with van der Waals surface area (Å²) in [6.07, 6.45) is 0. The molecule has 0 saturated carbocycles. The van der Waals surface area contributed by atoms with Crippen molar-refractivity contribution in [2.75, 3.05) is 12.3 Å². The van der Waals surface area contributed by atoms with E-state index in [0.717, 1.165) is 23.2 Å². The van der Waals surface area contributed by atoms with Gasteiger partial charge in [-0.3, -0.25) is 0 Å². The number of nitrogens with one attached hydrogen (secondary N) is 1. The van der Waals surface area contributed by atoms with Crippen LogP contribution in [-0.4, -0.2) is 6.54 Å². The maximum absolute atomic E-state index is 5.78. The van der Waals surface area contributed by atoms with Gasteiger partial charge in [0.05, 0.1) is 0 Å². The maximum Gasteiger partial charge on any atom is 0.0461 e. The summed E-state index contributed by atoms with van der Waals surface area (Å²) in [7, 11) is 0. The number of hydrogen-bond acceptors (Lipinski definition) is 2. The van der Waals surface area contributed by atoms with Crippen LogP contribution in [0.1, 0.15) is 19.4 Å². The number of benzene rings is 1. The van der Waals surface area contributed by atoms with Crippen molar-refractivity contribution in [2.24, 2.45) is 5.92 Å². The molecule has 0 heterocycles. The number of nitrogens with two attached hydrogens (primary N) is 1. The van der Waals surface area contributed by atoms with Crippen LogP contribution in [-0.2, 0) is 6.54 Å². The predicted molar refractivity (Wildman–Crippen MR) is 65.1 cm³/mol. The Balaban J connectivity index is 2.47. The topological polar surface area (TPSA) is 38.0 Å². The highest BCUT2D eigenvalue weighted by Gasteiger charge is 1.98. The maximum atomic E-state index is 5.78. The van der Waals surface area contributed by atoms with Crippen molar-refractivity contribution >= 4 is 21.6 Å². The molecule has 0 saturated heterocycles. The number of rotatable bonds is 4. The molecule has 0 aliphatic heterocycles. The van der Waals surface area contributed by atoms with E-state index in [0.29, 0.717) is 5.92 Å². The van der Waals surface area contributed by atoms with Crippen LogP contribution in [0.15, 0.2) is 22.7 Å².